The first kappa shape index (κ1) is 12.8. The van der Waals surface area contributed by atoms with Gasteiger partial charge in [0.2, 0.25) is 0 Å². The summed E-state index contributed by atoms with van der Waals surface area (Å²) < 4.78 is 0.0262. The number of hydrazine groups is 2. The Labute approximate surface area is 100 Å². The van der Waals surface area contributed by atoms with E-state index in [1.807, 2.05) is 0 Å². The highest BCUT2D eigenvalue weighted by atomic mass is 32.1. The molecule has 0 aromatic carbocycles. The molecular weight excluding hydrogens is 248 g/mol. The molecule has 17 heavy (non-hydrogen) atoms. The summed E-state index contributed by atoms with van der Waals surface area (Å²) in [4.78, 5) is 28.0. The quantitative estimate of drug-likeness (QED) is 0.190. The van der Waals surface area contributed by atoms with Crippen LogP contribution in [0.4, 0.5) is 21.1 Å². The maximum absolute atomic E-state index is 10.9. The molecule has 0 saturated carbocycles. The van der Waals surface area contributed by atoms with Gasteiger partial charge in [-0.25, -0.2) is 36.3 Å². The predicted octanol–water partition coefficient (Wildman–Crippen LogP) is -1.34. The zero-order chi connectivity index (χ0) is 13.2. The second kappa shape index (κ2) is 4.73. The van der Waals surface area contributed by atoms with E-state index in [1.165, 1.54) is 0 Å². The van der Waals surface area contributed by atoms with Crippen molar-refractivity contribution in [2.75, 3.05) is 10.0 Å². The number of carbonyl (C=O) groups excluding carboxylic acids is 2. The topological polar surface area (TPSA) is 173 Å². The normalized spacial score (nSPS) is 9.76. The number of primary amides is 2. The van der Waals surface area contributed by atoms with Gasteiger partial charge in [0.1, 0.15) is 5.69 Å². The van der Waals surface area contributed by atoms with Crippen LogP contribution in [-0.2, 0) is 0 Å². The number of carbonyl (C=O) groups is 2. The molecule has 1 aromatic heterocycles. The minimum Gasteiger partial charge on any atom is -0.350 e. The van der Waals surface area contributed by atoms with Gasteiger partial charge in [-0.05, 0) is 12.2 Å². The zero-order valence-electron chi connectivity index (χ0n) is 8.45. The van der Waals surface area contributed by atoms with Crippen molar-refractivity contribution < 1.29 is 9.59 Å². The summed E-state index contributed by atoms with van der Waals surface area (Å²) in [5.74, 6) is 10.6. The van der Waals surface area contributed by atoms with Crippen molar-refractivity contribution in [3.05, 3.63) is 11.0 Å². The van der Waals surface area contributed by atoms with E-state index in [1.54, 1.807) is 0 Å². The van der Waals surface area contributed by atoms with Gasteiger partial charge >= 0.3 is 12.1 Å². The fourth-order valence-corrected chi connectivity index (χ4v) is 1.12. The number of anilines is 2. The second-order valence-corrected chi connectivity index (χ2v) is 3.23. The summed E-state index contributed by atoms with van der Waals surface area (Å²) in [7, 11) is 0. The van der Waals surface area contributed by atoms with E-state index in [-0.39, 0.29) is 16.3 Å². The fourth-order valence-electron chi connectivity index (χ4n) is 0.967. The first-order valence-corrected chi connectivity index (χ1v) is 4.53. The molecule has 0 unspecified atom stereocenters. The smallest absolute Gasteiger partial charge is 0.335 e. The average Bonchev–Trinajstić information content (AvgIpc) is 2.26. The molecule has 0 radical (unpaired) electrons. The van der Waals surface area contributed by atoms with E-state index < -0.39 is 12.1 Å². The van der Waals surface area contributed by atoms with Crippen molar-refractivity contribution in [2.45, 2.75) is 0 Å². The highest BCUT2D eigenvalue weighted by molar-refractivity contribution is 7.71. The van der Waals surface area contributed by atoms with Gasteiger partial charge in [-0.1, -0.05) is 0 Å². The molecule has 0 aliphatic heterocycles. The Morgan fingerprint density at radius 1 is 1.24 bits per heavy atom. The number of nitrogens with zero attached hydrogens (tertiary/aromatic N) is 3. The summed E-state index contributed by atoms with van der Waals surface area (Å²) >= 11 is 4.74. The van der Waals surface area contributed by atoms with Gasteiger partial charge < -0.3 is 16.5 Å². The Bertz CT molecular complexity index is 513. The van der Waals surface area contributed by atoms with Crippen LogP contribution in [-0.4, -0.2) is 22.0 Å². The standard InChI is InChI=1S/C6H10N8O2S/c7-4(15)13(9)2-1-11-6(17)12-3(2)14(10)5(8)16/h1H,9-10H2,(H2,7,15)(H2,8,16)(H,11,12,17). The van der Waals surface area contributed by atoms with Crippen LogP contribution in [0.3, 0.4) is 0 Å². The lowest BCUT2D eigenvalue weighted by Crippen LogP contribution is -2.46. The number of amides is 4. The van der Waals surface area contributed by atoms with Crippen molar-refractivity contribution in [1.29, 1.82) is 0 Å². The number of hydrogen-bond donors (Lipinski definition) is 5. The van der Waals surface area contributed by atoms with Crippen LogP contribution < -0.4 is 33.2 Å². The third-order valence-corrected chi connectivity index (χ3v) is 1.95. The number of nitrogens with two attached hydrogens (primary N) is 4. The predicted molar refractivity (Wildman–Crippen MR) is 61.9 cm³/mol. The number of hydrogen-bond acceptors (Lipinski definition) is 6. The van der Waals surface area contributed by atoms with Crippen molar-refractivity contribution in [1.82, 2.24) is 9.97 Å². The molecule has 11 heteroatoms. The molecule has 9 N–H and O–H groups in total. The lowest BCUT2D eigenvalue weighted by molar-refractivity contribution is 0.252. The molecule has 0 bridgehead atoms. The molecule has 92 valence electrons. The lowest BCUT2D eigenvalue weighted by Gasteiger charge is -2.21. The maximum atomic E-state index is 10.9. The maximum Gasteiger partial charge on any atom is 0.335 e. The lowest BCUT2D eigenvalue weighted by atomic mass is 10.4. The van der Waals surface area contributed by atoms with Gasteiger partial charge in [-0.3, -0.25) is 0 Å². The Balaban J connectivity index is 3.35. The molecule has 10 nitrogen and oxygen atoms in total. The van der Waals surface area contributed by atoms with Gasteiger partial charge in [0.15, 0.2) is 10.6 Å². The molecule has 0 atom stereocenters. The van der Waals surface area contributed by atoms with E-state index in [4.69, 9.17) is 35.4 Å². The number of aromatic amines is 1. The van der Waals surface area contributed by atoms with Gasteiger partial charge in [-0.15, -0.1) is 0 Å². The van der Waals surface area contributed by atoms with Crippen LogP contribution >= 0.6 is 12.2 Å². The minimum atomic E-state index is -0.985. The largest absolute Gasteiger partial charge is 0.350 e. The van der Waals surface area contributed by atoms with Crippen molar-refractivity contribution >= 4 is 35.8 Å². The van der Waals surface area contributed by atoms with Gasteiger partial charge in [-0.2, -0.15) is 0 Å². The number of aromatic nitrogens is 2. The Morgan fingerprint density at radius 3 is 2.24 bits per heavy atom. The van der Waals surface area contributed by atoms with E-state index in [0.29, 0.717) is 10.0 Å². The number of nitrogens with one attached hydrogen (secondary N) is 1. The molecule has 1 rings (SSSR count). The van der Waals surface area contributed by atoms with Crippen LogP contribution in [0.25, 0.3) is 0 Å². The van der Waals surface area contributed by atoms with Crippen LogP contribution in [0.1, 0.15) is 0 Å². The fraction of sp³-hybridized carbons (Fsp3) is 0. The summed E-state index contributed by atoms with van der Waals surface area (Å²) in [6, 6.07) is -1.96. The van der Waals surface area contributed by atoms with Crippen LogP contribution in [0.5, 0.6) is 0 Å². The summed E-state index contributed by atoms with van der Waals surface area (Å²) in [6.45, 7) is 0. The van der Waals surface area contributed by atoms with Gasteiger partial charge in [0.25, 0.3) is 0 Å². The number of urea groups is 2. The summed E-state index contributed by atoms with van der Waals surface area (Å²) in [6.07, 6.45) is 1.13. The van der Waals surface area contributed by atoms with E-state index in [2.05, 4.69) is 9.97 Å². The highest BCUT2D eigenvalue weighted by Crippen LogP contribution is 2.22. The molecule has 1 aromatic rings. The number of H-pyrrole nitrogens is 1. The Hall–Kier alpha value is -2.24. The minimum absolute atomic E-state index is 0.0262. The second-order valence-electron chi connectivity index (χ2n) is 2.84. The average molecular weight is 258 g/mol. The Kier molecular flexibility index (Phi) is 3.57. The van der Waals surface area contributed by atoms with Crippen LogP contribution in [0.2, 0.25) is 0 Å². The monoisotopic (exact) mass is 258 g/mol. The molecule has 4 amide bonds. The molecular formula is C6H10N8O2S. The zero-order valence-corrected chi connectivity index (χ0v) is 9.27. The summed E-state index contributed by atoms with van der Waals surface area (Å²) in [5, 5.41) is 1.06. The van der Waals surface area contributed by atoms with E-state index in [9.17, 15) is 9.59 Å². The van der Waals surface area contributed by atoms with Crippen molar-refractivity contribution in [3.63, 3.8) is 0 Å². The van der Waals surface area contributed by atoms with Crippen molar-refractivity contribution in [2.24, 2.45) is 23.2 Å². The van der Waals surface area contributed by atoms with Gasteiger partial charge in [0.05, 0.1) is 6.20 Å². The summed E-state index contributed by atoms with van der Waals surface area (Å²) in [5.41, 5.74) is 9.90. The first-order valence-electron chi connectivity index (χ1n) is 4.12. The molecule has 0 fully saturated rings. The molecule has 0 spiro atoms. The molecule has 0 aliphatic rings. The van der Waals surface area contributed by atoms with Crippen LogP contribution in [0.15, 0.2) is 6.20 Å². The third-order valence-electron chi connectivity index (χ3n) is 1.75. The molecule has 0 saturated heterocycles. The van der Waals surface area contributed by atoms with E-state index in [0.717, 1.165) is 6.20 Å². The number of rotatable bonds is 2. The van der Waals surface area contributed by atoms with Gasteiger partial charge in [0, 0.05) is 0 Å². The Morgan fingerprint density at radius 2 is 1.76 bits per heavy atom. The molecule has 0 aliphatic carbocycles. The van der Waals surface area contributed by atoms with Crippen molar-refractivity contribution in [3.8, 4) is 0 Å². The molecule has 1 heterocycles. The van der Waals surface area contributed by atoms with Crippen LogP contribution in [0, 0.1) is 4.77 Å². The first-order chi connectivity index (χ1) is 7.84. The SMILES string of the molecule is NC(=O)N(N)c1cnc(=S)[nH]c1N(N)C(N)=O. The third kappa shape index (κ3) is 2.66. The highest BCUT2D eigenvalue weighted by Gasteiger charge is 2.19. The van der Waals surface area contributed by atoms with E-state index >= 15 is 0 Å².